The predicted molar refractivity (Wildman–Crippen MR) is 103 cm³/mol. The van der Waals surface area contributed by atoms with E-state index in [1.54, 1.807) is 18.2 Å². The number of hydrogen-bond donors (Lipinski definition) is 1. The van der Waals surface area contributed by atoms with E-state index in [2.05, 4.69) is 15.5 Å². The summed E-state index contributed by atoms with van der Waals surface area (Å²) in [4.78, 5) is 12.5. The van der Waals surface area contributed by atoms with Crippen LogP contribution in [0.3, 0.4) is 0 Å². The van der Waals surface area contributed by atoms with Gasteiger partial charge in [-0.1, -0.05) is 47.7 Å². The Hall–Kier alpha value is -1.36. The number of anilines is 2. The third kappa shape index (κ3) is 5.30. The van der Waals surface area contributed by atoms with E-state index in [0.717, 1.165) is 20.7 Å². The maximum absolute atomic E-state index is 12.5. The van der Waals surface area contributed by atoms with Gasteiger partial charge in [-0.25, -0.2) is 8.42 Å². The first-order chi connectivity index (χ1) is 11.7. The molecule has 7 nitrogen and oxygen atoms in total. The SMILES string of the molecule is CCSc1nnc(NC(=O)C(C)N(c2cccc(Cl)c2)S(C)(=O)=O)s1. The summed E-state index contributed by atoms with van der Waals surface area (Å²) in [6.07, 6.45) is 1.04. The number of amides is 1. The second kappa shape index (κ2) is 8.35. The fourth-order valence-corrected chi connectivity index (χ4v) is 5.08. The van der Waals surface area contributed by atoms with Crippen LogP contribution in [0.25, 0.3) is 0 Å². The molecule has 1 N–H and O–H groups in total. The molecule has 0 fully saturated rings. The molecular formula is C14H17ClN4O3S3. The Labute approximate surface area is 159 Å². The summed E-state index contributed by atoms with van der Waals surface area (Å²) in [5.74, 6) is 0.338. The summed E-state index contributed by atoms with van der Waals surface area (Å²) in [5.41, 5.74) is 0.317. The van der Waals surface area contributed by atoms with Gasteiger partial charge in [0.2, 0.25) is 21.1 Å². The Morgan fingerprint density at radius 3 is 2.76 bits per heavy atom. The molecule has 11 heteroatoms. The van der Waals surface area contributed by atoms with E-state index in [0.29, 0.717) is 15.8 Å². The topological polar surface area (TPSA) is 92.3 Å². The number of aromatic nitrogens is 2. The summed E-state index contributed by atoms with van der Waals surface area (Å²) in [6.45, 7) is 3.49. The van der Waals surface area contributed by atoms with Crippen LogP contribution in [0, 0.1) is 0 Å². The number of halogens is 1. The highest BCUT2D eigenvalue weighted by Crippen LogP contribution is 2.27. The molecule has 1 atom stereocenters. The highest BCUT2D eigenvalue weighted by atomic mass is 35.5. The molecule has 1 amide bonds. The largest absolute Gasteiger partial charge is 0.299 e. The molecule has 2 aromatic rings. The zero-order chi connectivity index (χ0) is 18.6. The molecule has 0 radical (unpaired) electrons. The monoisotopic (exact) mass is 420 g/mol. The van der Waals surface area contributed by atoms with E-state index in [4.69, 9.17) is 11.6 Å². The van der Waals surface area contributed by atoms with E-state index in [-0.39, 0.29) is 0 Å². The van der Waals surface area contributed by atoms with Gasteiger partial charge in [0.15, 0.2) is 4.34 Å². The van der Waals surface area contributed by atoms with Crippen molar-refractivity contribution in [3.8, 4) is 0 Å². The lowest BCUT2D eigenvalue weighted by Gasteiger charge is -2.27. The number of carbonyl (C=O) groups excluding carboxylic acids is 1. The Balaban J connectivity index is 2.23. The van der Waals surface area contributed by atoms with Crippen molar-refractivity contribution in [1.82, 2.24) is 10.2 Å². The van der Waals surface area contributed by atoms with Gasteiger partial charge < -0.3 is 0 Å². The summed E-state index contributed by atoms with van der Waals surface area (Å²) < 4.78 is 26.2. The van der Waals surface area contributed by atoms with E-state index in [9.17, 15) is 13.2 Å². The molecule has 0 saturated carbocycles. The summed E-state index contributed by atoms with van der Waals surface area (Å²) in [6, 6.07) is 5.34. The molecule has 136 valence electrons. The number of thioether (sulfide) groups is 1. The molecule has 0 aliphatic rings. The minimum absolute atomic E-state index is 0.317. The van der Waals surface area contributed by atoms with Crippen molar-refractivity contribution in [3.05, 3.63) is 29.3 Å². The minimum Gasteiger partial charge on any atom is -0.299 e. The fourth-order valence-electron chi connectivity index (χ4n) is 2.07. The Morgan fingerprint density at radius 2 is 2.16 bits per heavy atom. The van der Waals surface area contributed by atoms with Crippen LogP contribution in [0.4, 0.5) is 10.8 Å². The molecule has 25 heavy (non-hydrogen) atoms. The Kier molecular flexibility index (Phi) is 6.66. The fraction of sp³-hybridized carbons (Fsp3) is 0.357. The molecule has 1 aromatic carbocycles. The average Bonchev–Trinajstić information content (AvgIpc) is 2.93. The van der Waals surface area contributed by atoms with Crippen LogP contribution in [0.15, 0.2) is 28.6 Å². The predicted octanol–water partition coefficient (Wildman–Crippen LogP) is 3.10. The molecule has 1 unspecified atom stereocenters. The quantitative estimate of drug-likeness (QED) is 0.546. The number of benzene rings is 1. The van der Waals surface area contributed by atoms with Gasteiger partial charge in [0.1, 0.15) is 6.04 Å². The highest BCUT2D eigenvalue weighted by molar-refractivity contribution is 8.01. The van der Waals surface area contributed by atoms with Crippen LogP contribution in [0.5, 0.6) is 0 Å². The second-order valence-electron chi connectivity index (χ2n) is 5.01. The van der Waals surface area contributed by atoms with Crippen LogP contribution in [0.2, 0.25) is 5.02 Å². The molecular weight excluding hydrogens is 404 g/mol. The third-order valence-corrected chi connectivity index (χ3v) is 6.39. The molecule has 0 saturated heterocycles. The van der Waals surface area contributed by atoms with E-state index in [1.807, 2.05) is 6.92 Å². The standard InChI is InChI=1S/C14H17ClN4O3S3/c1-4-23-14-18-17-13(24-14)16-12(20)9(2)19(25(3,21)22)11-7-5-6-10(15)8-11/h5-9H,4H2,1-3H3,(H,16,17,20). The van der Waals surface area contributed by atoms with Gasteiger partial charge in [-0.2, -0.15) is 0 Å². The molecule has 0 spiro atoms. The van der Waals surface area contributed by atoms with Crippen LogP contribution in [-0.2, 0) is 14.8 Å². The average molecular weight is 421 g/mol. The van der Waals surface area contributed by atoms with E-state index >= 15 is 0 Å². The lowest BCUT2D eigenvalue weighted by atomic mass is 10.2. The van der Waals surface area contributed by atoms with Gasteiger partial charge in [0.05, 0.1) is 11.9 Å². The number of carbonyl (C=O) groups is 1. The van der Waals surface area contributed by atoms with Crippen LogP contribution in [0.1, 0.15) is 13.8 Å². The number of nitrogens with zero attached hydrogens (tertiary/aromatic N) is 3. The first kappa shape index (κ1) is 20.0. The van der Waals surface area contributed by atoms with Gasteiger partial charge in [0, 0.05) is 5.02 Å². The Morgan fingerprint density at radius 1 is 1.44 bits per heavy atom. The summed E-state index contributed by atoms with van der Waals surface area (Å²) in [7, 11) is -3.70. The number of rotatable bonds is 7. The van der Waals surface area contributed by atoms with Gasteiger partial charge >= 0.3 is 0 Å². The zero-order valence-electron chi connectivity index (χ0n) is 13.8. The number of nitrogens with one attached hydrogen (secondary N) is 1. The lowest BCUT2D eigenvalue weighted by molar-refractivity contribution is -0.116. The van der Waals surface area contributed by atoms with Crippen LogP contribution in [-0.4, -0.2) is 42.6 Å². The maximum Gasteiger partial charge on any atom is 0.249 e. The molecule has 0 bridgehead atoms. The Bertz CT molecular complexity index is 857. The smallest absolute Gasteiger partial charge is 0.249 e. The minimum atomic E-state index is -3.70. The van der Waals surface area contributed by atoms with Gasteiger partial charge in [-0.15, -0.1) is 10.2 Å². The maximum atomic E-state index is 12.5. The van der Waals surface area contributed by atoms with Crippen molar-refractivity contribution < 1.29 is 13.2 Å². The lowest BCUT2D eigenvalue weighted by Crippen LogP contribution is -2.45. The van der Waals surface area contributed by atoms with Gasteiger partial charge in [-0.05, 0) is 30.9 Å². The van der Waals surface area contributed by atoms with Crippen molar-refractivity contribution in [2.75, 3.05) is 21.6 Å². The van der Waals surface area contributed by atoms with Crippen molar-refractivity contribution in [3.63, 3.8) is 0 Å². The van der Waals surface area contributed by atoms with Crippen molar-refractivity contribution in [2.24, 2.45) is 0 Å². The molecule has 0 aliphatic heterocycles. The zero-order valence-corrected chi connectivity index (χ0v) is 17.0. The first-order valence-electron chi connectivity index (χ1n) is 7.24. The van der Waals surface area contributed by atoms with Crippen LogP contribution >= 0.6 is 34.7 Å². The number of sulfonamides is 1. The van der Waals surface area contributed by atoms with Gasteiger partial charge in [-0.3, -0.25) is 14.4 Å². The van der Waals surface area contributed by atoms with Crippen molar-refractivity contribution in [2.45, 2.75) is 24.2 Å². The van der Waals surface area contributed by atoms with Gasteiger partial charge in [0.25, 0.3) is 0 Å². The van der Waals surface area contributed by atoms with Crippen LogP contribution < -0.4 is 9.62 Å². The third-order valence-electron chi connectivity index (χ3n) is 3.06. The van der Waals surface area contributed by atoms with Crippen molar-refractivity contribution in [1.29, 1.82) is 0 Å². The molecule has 0 aliphatic carbocycles. The summed E-state index contributed by atoms with van der Waals surface area (Å²) >= 11 is 8.70. The number of hydrogen-bond acceptors (Lipinski definition) is 7. The molecule has 2 rings (SSSR count). The summed E-state index contributed by atoms with van der Waals surface area (Å²) in [5, 5.41) is 11.2. The molecule has 1 heterocycles. The highest BCUT2D eigenvalue weighted by Gasteiger charge is 2.29. The molecule has 1 aromatic heterocycles. The first-order valence-corrected chi connectivity index (χ1v) is 11.3. The normalized spacial score (nSPS) is 12.6. The van der Waals surface area contributed by atoms with E-state index in [1.165, 1.54) is 36.1 Å². The van der Waals surface area contributed by atoms with E-state index < -0.39 is 22.0 Å². The second-order valence-corrected chi connectivity index (χ2v) is 9.79. The van der Waals surface area contributed by atoms with Crippen molar-refractivity contribution >= 4 is 61.4 Å².